The van der Waals surface area contributed by atoms with E-state index in [-0.39, 0.29) is 35.5 Å². The predicted octanol–water partition coefficient (Wildman–Crippen LogP) is 4.90. The maximum atomic E-state index is 14.3. The molecule has 44 heavy (non-hydrogen) atoms. The van der Waals surface area contributed by atoms with Crippen molar-refractivity contribution in [1.82, 2.24) is 0 Å². The molecule has 8 nitrogen and oxygen atoms in total. The molecule has 0 spiro atoms. The molecule has 2 bridgehead atoms. The smallest absolute Gasteiger partial charge is 0.238 e. The second kappa shape index (κ2) is 9.77. The number of imide groups is 2. The summed E-state index contributed by atoms with van der Waals surface area (Å²) in [6.45, 7) is 0. The van der Waals surface area contributed by atoms with Crippen LogP contribution in [-0.2, 0) is 19.2 Å². The fraction of sp³-hybridized carbons (Fsp3) is 0.278. The predicted molar refractivity (Wildman–Crippen MR) is 163 cm³/mol. The van der Waals surface area contributed by atoms with Crippen LogP contribution < -0.4 is 19.3 Å². The molecule has 8 heteroatoms. The highest BCUT2D eigenvalue weighted by atomic mass is 16.5. The van der Waals surface area contributed by atoms with Crippen LogP contribution in [0.2, 0.25) is 0 Å². The van der Waals surface area contributed by atoms with E-state index in [0.717, 1.165) is 16.7 Å². The van der Waals surface area contributed by atoms with Crippen molar-refractivity contribution >= 4 is 40.6 Å². The van der Waals surface area contributed by atoms with Crippen molar-refractivity contribution in [2.75, 3.05) is 24.0 Å². The number of anilines is 2. The molecule has 0 radical (unpaired) electrons. The van der Waals surface area contributed by atoms with Crippen LogP contribution in [0, 0.1) is 41.4 Å². The Balaban J connectivity index is 1.25. The zero-order valence-electron chi connectivity index (χ0n) is 24.3. The molecule has 0 N–H and O–H groups in total. The van der Waals surface area contributed by atoms with E-state index in [2.05, 4.69) is 6.08 Å². The first-order valence-electron chi connectivity index (χ1n) is 14.9. The molecule has 3 aromatic carbocycles. The van der Waals surface area contributed by atoms with Crippen molar-refractivity contribution < 1.29 is 28.7 Å². The summed E-state index contributed by atoms with van der Waals surface area (Å²) < 4.78 is 10.6. The molecule has 4 amide bonds. The van der Waals surface area contributed by atoms with Gasteiger partial charge < -0.3 is 9.47 Å². The quantitative estimate of drug-likeness (QED) is 0.312. The summed E-state index contributed by atoms with van der Waals surface area (Å²) in [5.74, 6) is -3.15. The van der Waals surface area contributed by atoms with Gasteiger partial charge >= 0.3 is 0 Å². The van der Waals surface area contributed by atoms with Crippen molar-refractivity contribution in [3.05, 3.63) is 102 Å². The third kappa shape index (κ3) is 3.57. The Labute approximate surface area is 254 Å². The second-order valence-electron chi connectivity index (χ2n) is 12.1. The van der Waals surface area contributed by atoms with Gasteiger partial charge in [0, 0.05) is 11.8 Å². The lowest BCUT2D eigenvalue weighted by molar-refractivity contribution is -0.129. The number of benzene rings is 3. The van der Waals surface area contributed by atoms with E-state index < -0.39 is 29.6 Å². The molecule has 2 heterocycles. The molecule has 3 fully saturated rings. The van der Waals surface area contributed by atoms with E-state index in [1.54, 1.807) is 62.8 Å². The van der Waals surface area contributed by atoms with Crippen LogP contribution in [0.1, 0.15) is 12.0 Å². The van der Waals surface area contributed by atoms with Gasteiger partial charge in [0.05, 0.1) is 49.3 Å². The first-order valence-corrected chi connectivity index (χ1v) is 14.9. The van der Waals surface area contributed by atoms with Crippen LogP contribution in [0.15, 0.2) is 96.6 Å². The van der Waals surface area contributed by atoms with Crippen molar-refractivity contribution in [3.63, 3.8) is 0 Å². The number of carbonyl (C=O) groups excluding carboxylic acids is 4. The number of carbonyl (C=O) groups is 4. The maximum absolute atomic E-state index is 14.3. The van der Waals surface area contributed by atoms with Crippen LogP contribution in [0.4, 0.5) is 11.4 Å². The maximum Gasteiger partial charge on any atom is 0.238 e. The second-order valence-corrected chi connectivity index (χ2v) is 12.1. The number of fused-ring (bicyclic) bond motifs is 1. The Morgan fingerprint density at radius 2 is 1.14 bits per heavy atom. The lowest BCUT2D eigenvalue weighted by Gasteiger charge is -2.51. The highest BCUT2D eigenvalue weighted by Crippen LogP contribution is 2.63. The van der Waals surface area contributed by atoms with Gasteiger partial charge in [0.1, 0.15) is 11.5 Å². The van der Waals surface area contributed by atoms with Gasteiger partial charge in [-0.3, -0.25) is 29.0 Å². The minimum absolute atomic E-state index is 0.223. The summed E-state index contributed by atoms with van der Waals surface area (Å²) >= 11 is 0. The number of rotatable bonds is 5. The molecule has 6 aliphatic rings. The van der Waals surface area contributed by atoms with Gasteiger partial charge in [0.2, 0.25) is 23.6 Å². The van der Waals surface area contributed by atoms with E-state index in [4.69, 9.17) is 9.47 Å². The average Bonchev–Trinajstić information content (AvgIpc) is 3.50. The zero-order valence-corrected chi connectivity index (χ0v) is 24.3. The number of amides is 4. The largest absolute Gasteiger partial charge is 0.497 e. The first-order chi connectivity index (χ1) is 21.4. The molecule has 220 valence electrons. The van der Waals surface area contributed by atoms with Crippen LogP contribution in [-0.4, -0.2) is 37.8 Å². The molecule has 0 aromatic heterocycles. The number of allylic oxidation sites excluding steroid dienone is 4. The van der Waals surface area contributed by atoms with Crippen LogP contribution in [0.5, 0.6) is 11.5 Å². The number of hydrogen-bond donors (Lipinski definition) is 0. The molecule has 9 rings (SSSR count). The van der Waals surface area contributed by atoms with Crippen molar-refractivity contribution in [2.24, 2.45) is 41.4 Å². The highest BCUT2D eigenvalue weighted by Gasteiger charge is 2.67. The molecular weight excluding hydrogens is 556 g/mol. The minimum atomic E-state index is -0.622. The van der Waals surface area contributed by atoms with E-state index >= 15 is 0 Å². The Hall–Kier alpha value is -4.98. The van der Waals surface area contributed by atoms with Crippen molar-refractivity contribution in [3.8, 4) is 11.5 Å². The van der Waals surface area contributed by atoms with Gasteiger partial charge in [0.15, 0.2) is 0 Å². The molecule has 1 saturated carbocycles. The van der Waals surface area contributed by atoms with Crippen LogP contribution in [0.3, 0.4) is 0 Å². The van der Waals surface area contributed by atoms with Crippen molar-refractivity contribution in [1.29, 1.82) is 0 Å². The normalized spacial score (nSPS) is 30.1. The molecule has 3 aromatic rings. The van der Waals surface area contributed by atoms with Crippen LogP contribution >= 0.6 is 0 Å². The van der Waals surface area contributed by atoms with E-state index in [1.165, 1.54) is 9.80 Å². The third-order valence-electron chi connectivity index (χ3n) is 10.3. The minimum Gasteiger partial charge on any atom is -0.497 e. The summed E-state index contributed by atoms with van der Waals surface area (Å²) in [5, 5.41) is 0. The van der Waals surface area contributed by atoms with E-state index in [1.807, 2.05) is 36.4 Å². The molecule has 2 aliphatic heterocycles. The zero-order chi connectivity index (χ0) is 30.3. The highest BCUT2D eigenvalue weighted by molar-refractivity contribution is 6.24. The monoisotopic (exact) mass is 586 g/mol. The van der Waals surface area contributed by atoms with Gasteiger partial charge in [-0.25, -0.2) is 0 Å². The Kier molecular flexibility index (Phi) is 5.92. The number of nitrogens with zero attached hydrogens (tertiary/aromatic N) is 2. The summed E-state index contributed by atoms with van der Waals surface area (Å²) in [4.78, 5) is 59.3. The molecule has 4 aliphatic carbocycles. The van der Waals surface area contributed by atoms with E-state index in [9.17, 15) is 19.2 Å². The summed E-state index contributed by atoms with van der Waals surface area (Å²) in [6.07, 6.45) is 4.49. The Bertz CT molecular complexity index is 1780. The SMILES string of the molecule is COc1ccc(N2C(=O)[C@@H]3[C@H]4C=C[C@@H](C5=C(c6ccccc6)C[C@H]6C(=O)N(c7ccc(OC)cc7)C(=O)[C@H]6[C@H]54)[C@H]3C2=O)cc1. The topological polar surface area (TPSA) is 93.2 Å². The summed E-state index contributed by atoms with van der Waals surface area (Å²) in [7, 11) is 3.13. The van der Waals surface area contributed by atoms with Gasteiger partial charge in [-0.2, -0.15) is 0 Å². The van der Waals surface area contributed by atoms with Gasteiger partial charge in [-0.05, 0) is 72.0 Å². The fourth-order valence-electron chi connectivity index (χ4n) is 8.49. The number of methoxy groups -OCH3 is 2. The lowest BCUT2D eigenvalue weighted by atomic mass is 9.49. The average molecular weight is 587 g/mol. The standard InChI is InChI=1S/C36H30N2O6/c1-43-22-12-8-20(9-13-22)37-33(39)27-18-26(19-6-4-3-5-7-19)28-24-16-17-25(29(28)32(27)36(37)42)31-30(24)34(40)38(35(31)41)21-10-14-23(44-2)15-11-21/h3-17,24-25,27,29-32H,18H2,1-2H3/t24-,25-,27+,29-,30+,31+,32+/m0/s1. The molecule has 2 saturated heterocycles. The number of hydrogen-bond acceptors (Lipinski definition) is 6. The fourth-order valence-corrected chi connectivity index (χ4v) is 8.49. The molecule has 7 atom stereocenters. The third-order valence-corrected chi connectivity index (χ3v) is 10.3. The summed E-state index contributed by atoms with van der Waals surface area (Å²) in [5.41, 5.74) is 4.03. The number of ether oxygens (including phenoxy) is 2. The Morgan fingerprint density at radius 1 is 0.591 bits per heavy atom. The van der Waals surface area contributed by atoms with Gasteiger partial charge in [0.25, 0.3) is 0 Å². The Morgan fingerprint density at radius 3 is 1.73 bits per heavy atom. The molecule has 0 unspecified atom stereocenters. The van der Waals surface area contributed by atoms with Gasteiger partial charge in [-0.1, -0.05) is 48.1 Å². The van der Waals surface area contributed by atoms with Crippen LogP contribution in [0.25, 0.3) is 5.57 Å². The molecular formula is C36H30N2O6. The lowest BCUT2D eigenvalue weighted by Crippen LogP contribution is -2.51. The van der Waals surface area contributed by atoms with Gasteiger partial charge in [-0.15, -0.1) is 0 Å². The summed E-state index contributed by atoms with van der Waals surface area (Å²) in [6, 6.07) is 23.8. The first kappa shape index (κ1) is 26.6. The van der Waals surface area contributed by atoms with E-state index in [0.29, 0.717) is 29.3 Å². The van der Waals surface area contributed by atoms with Crippen molar-refractivity contribution in [2.45, 2.75) is 6.42 Å².